The first-order valence-corrected chi connectivity index (χ1v) is 7.30. The average Bonchev–Trinajstić information content (AvgIpc) is 2.34. The van der Waals surface area contributed by atoms with Gasteiger partial charge in [-0.2, -0.15) is 0 Å². The zero-order valence-electron chi connectivity index (χ0n) is 12.8. The van der Waals surface area contributed by atoms with E-state index >= 15 is 0 Å². The van der Waals surface area contributed by atoms with Crippen LogP contribution in [0.5, 0.6) is 0 Å². The third kappa shape index (κ3) is 4.75. The molecular formula is C14H29N3O2. The van der Waals surface area contributed by atoms with Crippen molar-refractivity contribution in [2.24, 2.45) is 0 Å². The van der Waals surface area contributed by atoms with Crippen LogP contribution < -0.4 is 5.32 Å². The van der Waals surface area contributed by atoms with Crippen molar-refractivity contribution in [3.8, 4) is 0 Å². The van der Waals surface area contributed by atoms with Gasteiger partial charge in [0.15, 0.2) is 0 Å². The van der Waals surface area contributed by atoms with Gasteiger partial charge in [0.1, 0.15) is 5.54 Å². The first-order valence-electron chi connectivity index (χ1n) is 7.30. The summed E-state index contributed by atoms with van der Waals surface area (Å²) in [6, 6.07) is 0.591. The Labute approximate surface area is 117 Å². The van der Waals surface area contributed by atoms with Crippen LogP contribution >= 0.6 is 0 Å². The van der Waals surface area contributed by atoms with E-state index in [0.29, 0.717) is 19.0 Å². The Balaban J connectivity index is 2.34. The maximum Gasteiger partial charge on any atom is 0.323 e. The van der Waals surface area contributed by atoms with E-state index in [9.17, 15) is 9.90 Å². The van der Waals surface area contributed by atoms with Gasteiger partial charge in [-0.05, 0) is 46.8 Å². The minimum absolute atomic E-state index is 0.591. The predicted molar refractivity (Wildman–Crippen MR) is 77.5 cm³/mol. The molecule has 2 atom stereocenters. The molecule has 0 amide bonds. The van der Waals surface area contributed by atoms with E-state index in [1.54, 1.807) is 6.92 Å². The van der Waals surface area contributed by atoms with Gasteiger partial charge in [-0.3, -0.25) is 4.79 Å². The third-order valence-corrected chi connectivity index (χ3v) is 4.23. The molecule has 1 aliphatic rings. The topological polar surface area (TPSA) is 55.8 Å². The van der Waals surface area contributed by atoms with E-state index in [1.807, 2.05) is 6.92 Å². The first-order chi connectivity index (χ1) is 8.89. The molecule has 0 radical (unpaired) electrons. The fourth-order valence-electron chi connectivity index (χ4n) is 2.64. The molecule has 1 aliphatic heterocycles. The Morgan fingerprint density at radius 1 is 1.47 bits per heavy atom. The van der Waals surface area contributed by atoms with E-state index in [4.69, 9.17) is 0 Å². The average molecular weight is 271 g/mol. The van der Waals surface area contributed by atoms with Crippen LogP contribution in [0.4, 0.5) is 0 Å². The Bertz CT molecular complexity index is 298. The van der Waals surface area contributed by atoms with Gasteiger partial charge >= 0.3 is 5.97 Å². The number of nitrogens with one attached hydrogen (secondary N) is 1. The number of carboxylic acid groups (broad SMARTS) is 1. The molecule has 0 aromatic heterocycles. The maximum absolute atomic E-state index is 11.3. The standard InChI is InChI=1S/C14H29N3O2/c1-5-15-14(3,13(18)19)7-6-8-17-10-9-16(4)12(2)11-17/h12,15H,5-11H2,1-4H3,(H,18,19). The van der Waals surface area contributed by atoms with E-state index in [1.165, 1.54) is 0 Å². The van der Waals surface area contributed by atoms with Crippen LogP contribution in [0.1, 0.15) is 33.6 Å². The van der Waals surface area contributed by atoms with E-state index in [2.05, 4.69) is 29.1 Å². The fraction of sp³-hybridized carbons (Fsp3) is 0.929. The van der Waals surface area contributed by atoms with Crippen molar-refractivity contribution in [3.05, 3.63) is 0 Å². The molecule has 0 aromatic carbocycles. The van der Waals surface area contributed by atoms with Crippen LogP contribution in [0, 0.1) is 0 Å². The van der Waals surface area contributed by atoms with Crippen molar-refractivity contribution in [1.29, 1.82) is 0 Å². The normalized spacial score (nSPS) is 25.2. The van der Waals surface area contributed by atoms with Gasteiger partial charge in [0, 0.05) is 25.7 Å². The summed E-state index contributed by atoms with van der Waals surface area (Å²) in [5, 5.41) is 12.4. The first kappa shape index (κ1) is 16.4. The van der Waals surface area contributed by atoms with Gasteiger partial charge in [0.25, 0.3) is 0 Å². The summed E-state index contributed by atoms with van der Waals surface area (Å²) in [7, 11) is 2.16. The molecule has 19 heavy (non-hydrogen) atoms. The lowest BCUT2D eigenvalue weighted by Gasteiger charge is -2.38. The molecular weight excluding hydrogens is 242 g/mol. The van der Waals surface area contributed by atoms with Crippen molar-refractivity contribution in [2.75, 3.05) is 39.8 Å². The third-order valence-electron chi connectivity index (χ3n) is 4.23. The summed E-state index contributed by atoms with van der Waals surface area (Å²) >= 11 is 0. The quantitative estimate of drug-likeness (QED) is 0.719. The molecule has 2 N–H and O–H groups in total. The Kier molecular flexibility index (Phi) is 6.23. The van der Waals surface area contributed by atoms with Crippen molar-refractivity contribution in [1.82, 2.24) is 15.1 Å². The van der Waals surface area contributed by atoms with E-state index < -0.39 is 11.5 Å². The number of hydrogen-bond acceptors (Lipinski definition) is 4. The van der Waals surface area contributed by atoms with Crippen LogP contribution in [0.2, 0.25) is 0 Å². The van der Waals surface area contributed by atoms with Crippen molar-refractivity contribution < 1.29 is 9.90 Å². The second kappa shape index (κ2) is 7.22. The SMILES string of the molecule is CCNC(C)(CCCN1CCN(C)C(C)C1)C(=O)O. The monoisotopic (exact) mass is 271 g/mol. The molecule has 2 unspecified atom stereocenters. The smallest absolute Gasteiger partial charge is 0.323 e. The van der Waals surface area contributed by atoms with Crippen LogP contribution in [-0.4, -0.2) is 72.2 Å². The van der Waals surface area contributed by atoms with Crippen LogP contribution in [0.15, 0.2) is 0 Å². The summed E-state index contributed by atoms with van der Waals surface area (Å²) in [5.74, 6) is -0.749. The molecule has 0 bridgehead atoms. The number of rotatable bonds is 7. The molecule has 1 saturated heterocycles. The number of nitrogens with zero attached hydrogens (tertiary/aromatic N) is 2. The maximum atomic E-state index is 11.3. The minimum Gasteiger partial charge on any atom is -0.480 e. The summed E-state index contributed by atoms with van der Waals surface area (Å²) in [6.45, 7) is 10.9. The van der Waals surface area contributed by atoms with Gasteiger partial charge in [-0.1, -0.05) is 6.92 Å². The minimum atomic E-state index is -0.785. The molecule has 0 aromatic rings. The molecule has 1 heterocycles. The van der Waals surface area contributed by atoms with Crippen molar-refractivity contribution >= 4 is 5.97 Å². The summed E-state index contributed by atoms with van der Waals surface area (Å²) in [4.78, 5) is 16.1. The zero-order chi connectivity index (χ0) is 14.5. The van der Waals surface area contributed by atoms with Crippen molar-refractivity contribution in [3.63, 3.8) is 0 Å². The molecule has 1 rings (SSSR count). The Hall–Kier alpha value is -0.650. The Morgan fingerprint density at radius 2 is 2.16 bits per heavy atom. The van der Waals surface area contributed by atoms with Crippen LogP contribution in [-0.2, 0) is 4.79 Å². The lowest BCUT2D eigenvalue weighted by molar-refractivity contribution is -0.144. The molecule has 1 fully saturated rings. The number of carboxylic acids is 1. The summed E-state index contributed by atoms with van der Waals surface area (Å²) < 4.78 is 0. The van der Waals surface area contributed by atoms with Gasteiger partial charge < -0.3 is 20.2 Å². The highest BCUT2D eigenvalue weighted by Gasteiger charge is 2.31. The lowest BCUT2D eigenvalue weighted by atomic mass is 9.95. The van der Waals surface area contributed by atoms with Gasteiger partial charge in [-0.25, -0.2) is 0 Å². The molecule has 5 heteroatoms. The number of carbonyl (C=O) groups is 1. The number of piperazine rings is 1. The molecule has 0 aliphatic carbocycles. The number of hydrogen-bond donors (Lipinski definition) is 2. The predicted octanol–water partition coefficient (Wildman–Crippen LogP) is 0.855. The highest BCUT2D eigenvalue weighted by atomic mass is 16.4. The largest absolute Gasteiger partial charge is 0.480 e. The van der Waals surface area contributed by atoms with Crippen molar-refractivity contribution in [2.45, 2.75) is 45.2 Å². The highest BCUT2D eigenvalue weighted by molar-refractivity contribution is 5.78. The van der Waals surface area contributed by atoms with Crippen LogP contribution in [0.25, 0.3) is 0 Å². The molecule has 0 spiro atoms. The summed E-state index contributed by atoms with van der Waals surface area (Å²) in [5.41, 5.74) is -0.785. The van der Waals surface area contributed by atoms with Gasteiger partial charge in [0.05, 0.1) is 0 Å². The molecule has 5 nitrogen and oxygen atoms in total. The molecule has 112 valence electrons. The second-order valence-electron chi connectivity index (χ2n) is 5.90. The van der Waals surface area contributed by atoms with Gasteiger partial charge in [0.2, 0.25) is 0 Å². The summed E-state index contributed by atoms with van der Waals surface area (Å²) in [6.07, 6.45) is 1.60. The number of aliphatic carboxylic acids is 1. The molecule has 0 saturated carbocycles. The van der Waals surface area contributed by atoms with Crippen LogP contribution in [0.3, 0.4) is 0 Å². The zero-order valence-corrected chi connectivity index (χ0v) is 12.8. The van der Waals surface area contributed by atoms with E-state index in [-0.39, 0.29) is 0 Å². The highest BCUT2D eigenvalue weighted by Crippen LogP contribution is 2.15. The number of likely N-dealkylation sites (N-methyl/N-ethyl adjacent to an activating group) is 2. The fourth-order valence-corrected chi connectivity index (χ4v) is 2.64. The second-order valence-corrected chi connectivity index (χ2v) is 5.90. The van der Waals surface area contributed by atoms with E-state index in [0.717, 1.165) is 32.6 Å². The Morgan fingerprint density at radius 3 is 2.68 bits per heavy atom. The van der Waals surface area contributed by atoms with Gasteiger partial charge in [-0.15, -0.1) is 0 Å². The lowest BCUT2D eigenvalue weighted by Crippen LogP contribution is -2.51.